The summed E-state index contributed by atoms with van der Waals surface area (Å²) >= 11 is 0. The lowest BCUT2D eigenvalue weighted by Crippen LogP contribution is -2.27. The summed E-state index contributed by atoms with van der Waals surface area (Å²) in [5, 5.41) is 3.52. The lowest BCUT2D eigenvalue weighted by Gasteiger charge is -2.21. The zero-order valence-corrected chi connectivity index (χ0v) is 11.0. The Labute approximate surface area is 105 Å². The van der Waals surface area contributed by atoms with Gasteiger partial charge in [-0.3, -0.25) is 0 Å². The molecule has 1 aliphatic carbocycles. The van der Waals surface area contributed by atoms with Gasteiger partial charge < -0.3 is 14.8 Å². The van der Waals surface area contributed by atoms with Crippen LogP contribution in [-0.4, -0.2) is 39.5 Å². The third-order valence-corrected chi connectivity index (χ3v) is 4.03. The van der Waals surface area contributed by atoms with Crippen molar-refractivity contribution in [3.05, 3.63) is 0 Å². The number of rotatable bonds is 7. The van der Waals surface area contributed by atoms with E-state index in [9.17, 15) is 0 Å². The minimum absolute atomic E-state index is 0.735. The van der Waals surface area contributed by atoms with E-state index >= 15 is 0 Å². The van der Waals surface area contributed by atoms with Crippen molar-refractivity contribution in [2.45, 2.75) is 38.5 Å². The van der Waals surface area contributed by atoms with E-state index in [4.69, 9.17) is 9.47 Å². The minimum Gasteiger partial charge on any atom is -0.381 e. The zero-order valence-electron chi connectivity index (χ0n) is 11.0. The predicted octanol–water partition coefficient (Wildman–Crippen LogP) is 2.21. The van der Waals surface area contributed by atoms with E-state index in [1.807, 2.05) is 0 Å². The predicted molar refractivity (Wildman–Crippen MR) is 69.2 cm³/mol. The highest BCUT2D eigenvalue weighted by atomic mass is 16.5. The van der Waals surface area contributed by atoms with E-state index in [-0.39, 0.29) is 0 Å². The molecular formula is C14H27NO2. The van der Waals surface area contributed by atoms with Crippen molar-refractivity contribution < 1.29 is 9.47 Å². The van der Waals surface area contributed by atoms with Gasteiger partial charge in [-0.1, -0.05) is 12.8 Å². The molecule has 0 aromatic rings. The molecule has 0 aromatic carbocycles. The minimum atomic E-state index is 0.735. The SMILES string of the molecule is C1CCC(CNCCOCC2CCOCC2)C1. The molecule has 1 aliphatic heterocycles. The molecule has 0 spiro atoms. The van der Waals surface area contributed by atoms with Crippen LogP contribution in [0.15, 0.2) is 0 Å². The van der Waals surface area contributed by atoms with E-state index in [1.54, 1.807) is 0 Å². The average Bonchev–Trinajstić information content (AvgIpc) is 2.88. The number of hydrogen-bond acceptors (Lipinski definition) is 3. The Morgan fingerprint density at radius 2 is 1.76 bits per heavy atom. The van der Waals surface area contributed by atoms with Crippen molar-refractivity contribution in [3.8, 4) is 0 Å². The van der Waals surface area contributed by atoms with Crippen molar-refractivity contribution in [2.75, 3.05) is 39.5 Å². The fourth-order valence-electron chi connectivity index (χ4n) is 2.83. The fourth-order valence-corrected chi connectivity index (χ4v) is 2.83. The summed E-state index contributed by atoms with van der Waals surface area (Å²) in [6, 6.07) is 0. The second-order valence-corrected chi connectivity index (χ2v) is 5.49. The van der Waals surface area contributed by atoms with Gasteiger partial charge in [0.15, 0.2) is 0 Å². The van der Waals surface area contributed by atoms with Crippen LogP contribution in [0.5, 0.6) is 0 Å². The van der Waals surface area contributed by atoms with Crippen LogP contribution in [0.2, 0.25) is 0 Å². The topological polar surface area (TPSA) is 30.5 Å². The molecule has 3 nitrogen and oxygen atoms in total. The Morgan fingerprint density at radius 3 is 2.53 bits per heavy atom. The lowest BCUT2D eigenvalue weighted by atomic mass is 10.0. The summed E-state index contributed by atoms with van der Waals surface area (Å²) in [4.78, 5) is 0. The first kappa shape index (κ1) is 13.3. The number of nitrogens with one attached hydrogen (secondary N) is 1. The van der Waals surface area contributed by atoms with Gasteiger partial charge in [0, 0.05) is 26.4 Å². The van der Waals surface area contributed by atoms with Gasteiger partial charge in [0.1, 0.15) is 0 Å². The Balaban J connectivity index is 1.38. The molecule has 2 fully saturated rings. The van der Waals surface area contributed by atoms with Crippen molar-refractivity contribution in [3.63, 3.8) is 0 Å². The Bertz CT molecular complexity index is 187. The highest BCUT2D eigenvalue weighted by molar-refractivity contribution is 4.69. The molecule has 0 bridgehead atoms. The van der Waals surface area contributed by atoms with E-state index in [1.165, 1.54) is 45.1 Å². The molecule has 0 atom stereocenters. The average molecular weight is 241 g/mol. The monoisotopic (exact) mass is 241 g/mol. The molecule has 17 heavy (non-hydrogen) atoms. The first-order valence-corrected chi connectivity index (χ1v) is 7.31. The largest absolute Gasteiger partial charge is 0.381 e. The Morgan fingerprint density at radius 1 is 1.00 bits per heavy atom. The summed E-state index contributed by atoms with van der Waals surface area (Å²) in [6.07, 6.45) is 8.08. The van der Waals surface area contributed by atoms with Gasteiger partial charge >= 0.3 is 0 Å². The van der Waals surface area contributed by atoms with Gasteiger partial charge in [-0.05, 0) is 44.1 Å². The number of ether oxygens (including phenoxy) is 2. The summed E-state index contributed by atoms with van der Waals surface area (Å²) in [5.74, 6) is 1.67. The van der Waals surface area contributed by atoms with Crippen LogP contribution in [0.25, 0.3) is 0 Å². The maximum atomic E-state index is 5.72. The summed E-state index contributed by atoms with van der Waals surface area (Å²) in [7, 11) is 0. The van der Waals surface area contributed by atoms with Crippen molar-refractivity contribution in [2.24, 2.45) is 11.8 Å². The Kier molecular flexibility index (Phi) is 6.32. The lowest BCUT2D eigenvalue weighted by molar-refractivity contribution is 0.0213. The quantitative estimate of drug-likeness (QED) is 0.693. The summed E-state index contributed by atoms with van der Waals surface area (Å²) in [5.41, 5.74) is 0. The maximum absolute atomic E-state index is 5.72. The first-order valence-electron chi connectivity index (χ1n) is 7.31. The zero-order chi connectivity index (χ0) is 11.8. The van der Waals surface area contributed by atoms with Crippen LogP contribution in [-0.2, 0) is 9.47 Å². The third-order valence-electron chi connectivity index (χ3n) is 4.03. The molecule has 2 rings (SSSR count). The van der Waals surface area contributed by atoms with E-state index in [0.717, 1.165) is 44.8 Å². The second-order valence-electron chi connectivity index (χ2n) is 5.49. The summed E-state index contributed by atoms with van der Waals surface area (Å²) in [6.45, 7) is 5.85. The molecule has 1 saturated heterocycles. The Hall–Kier alpha value is -0.120. The second kappa shape index (κ2) is 8.06. The van der Waals surface area contributed by atoms with Crippen LogP contribution in [0.4, 0.5) is 0 Å². The molecule has 0 unspecified atom stereocenters. The fraction of sp³-hybridized carbons (Fsp3) is 1.00. The van der Waals surface area contributed by atoms with Gasteiger partial charge in [-0.25, -0.2) is 0 Å². The molecule has 1 N–H and O–H groups in total. The van der Waals surface area contributed by atoms with E-state index < -0.39 is 0 Å². The van der Waals surface area contributed by atoms with E-state index in [0.29, 0.717) is 0 Å². The molecule has 100 valence electrons. The van der Waals surface area contributed by atoms with Crippen LogP contribution in [0.1, 0.15) is 38.5 Å². The molecule has 0 amide bonds. The van der Waals surface area contributed by atoms with Gasteiger partial charge in [-0.2, -0.15) is 0 Å². The van der Waals surface area contributed by atoms with Crippen molar-refractivity contribution in [1.82, 2.24) is 5.32 Å². The first-order chi connectivity index (χ1) is 8.45. The standard InChI is InChI=1S/C14H27NO2/c1-2-4-13(3-1)11-15-7-10-17-12-14-5-8-16-9-6-14/h13-15H,1-12H2. The van der Waals surface area contributed by atoms with Crippen LogP contribution >= 0.6 is 0 Å². The molecule has 1 heterocycles. The van der Waals surface area contributed by atoms with Crippen molar-refractivity contribution >= 4 is 0 Å². The summed E-state index contributed by atoms with van der Waals surface area (Å²) < 4.78 is 11.1. The van der Waals surface area contributed by atoms with Gasteiger partial charge in [0.05, 0.1) is 6.61 Å². The smallest absolute Gasteiger partial charge is 0.0591 e. The normalized spacial score (nSPS) is 23.3. The molecular weight excluding hydrogens is 214 g/mol. The van der Waals surface area contributed by atoms with Crippen LogP contribution < -0.4 is 5.32 Å². The molecule has 3 heteroatoms. The van der Waals surface area contributed by atoms with Gasteiger partial charge in [0.25, 0.3) is 0 Å². The highest BCUT2D eigenvalue weighted by Crippen LogP contribution is 2.23. The molecule has 0 aromatic heterocycles. The molecule has 0 radical (unpaired) electrons. The van der Waals surface area contributed by atoms with Crippen molar-refractivity contribution in [1.29, 1.82) is 0 Å². The van der Waals surface area contributed by atoms with Crippen LogP contribution in [0, 0.1) is 11.8 Å². The van der Waals surface area contributed by atoms with Gasteiger partial charge in [0.2, 0.25) is 0 Å². The number of hydrogen-bond donors (Lipinski definition) is 1. The van der Waals surface area contributed by atoms with Gasteiger partial charge in [-0.15, -0.1) is 0 Å². The third kappa shape index (κ3) is 5.36. The maximum Gasteiger partial charge on any atom is 0.0591 e. The highest BCUT2D eigenvalue weighted by Gasteiger charge is 2.14. The molecule has 2 aliphatic rings. The van der Waals surface area contributed by atoms with E-state index in [2.05, 4.69) is 5.32 Å². The van der Waals surface area contributed by atoms with Crippen LogP contribution in [0.3, 0.4) is 0 Å². The molecule has 1 saturated carbocycles.